The van der Waals surface area contributed by atoms with Crippen molar-refractivity contribution >= 4 is 5.91 Å². The Morgan fingerprint density at radius 3 is 2.70 bits per heavy atom. The van der Waals surface area contributed by atoms with Gasteiger partial charge in [-0.25, -0.2) is 9.67 Å². The molecule has 3 aromatic rings. The highest BCUT2D eigenvalue weighted by Gasteiger charge is 2.16. The van der Waals surface area contributed by atoms with Crippen LogP contribution in [0.15, 0.2) is 36.8 Å². The van der Waals surface area contributed by atoms with Crippen molar-refractivity contribution in [1.82, 2.24) is 35.5 Å². The van der Waals surface area contributed by atoms with E-state index in [-0.39, 0.29) is 11.9 Å². The fourth-order valence-corrected chi connectivity index (χ4v) is 2.26. The van der Waals surface area contributed by atoms with Crippen molar-refractivity contribution in [3.8, 4) is 5.69 Å². The molecule has 0 fully saturated rings. The van der Waals surface area contributed by atoms with Gasteiger partial charge in [0.15, 0.2) is 0 Å². The molecule has 0 bridgehead atoms. The molecule has 0 aliphatic rings. The number of aromatic amines is 1. The van der Waals surface area contributed by atoms with Gasteiger partial charge in [-0.3, -0.25) is 4.79 Å². The number of nitrogens with zero attached hydrogens (tertiary/aromatic N) is 5. The van der Waals surface area contributed by atoms with Gasteiger partial charge in [-0.2, -0.15) is 0 Å². The van der Waals surface area contributed by atoms with Gasteiger partial charge in [0.25, 0.3) is 5.91 Å². The van der Waals surface area contributed by atoms with E-state index in [1.807, 2.05) is 13.8 Å². The molecule has 0 spiro atoms. The van der Waals surface area contributed by atoms with E-state index < -0.39 is 0 Å². The first kappa shape index (κ1) is 14.9. The molecular weight excluding hydrogens is 294 g/mol. The van der Waals surface area contributed by atoms with E-state index >= 15 is 0 Å². The Balaban J connectivity index is 1.72. The van der Waals surface area contributed by atoms with Crippen LogP contribution in [0.5, 0.6) is 0 Å². The Kier molecular flexibility index (Phi) is 4.13. The molecule has 8 nitrogen and oxygen atoms in total. The molecule has 0 aliphatic carbocycles. The first-order valence-electron chi connectivity index (χ1n) is 7.33. The molecule has 1 unspecified atom stereocenters. The van der Waals surface area contributed by atoms with Crippen LogP contribution < -0.4 is 5.32 Å². The van der Waals surface area contributed by atoms with E-state index in [0.717, 1.165) is 23.6 Å². The number of imidazole rings is 1. The number of aryl methyl sites for hydroxylation is 1. The third kappa shape index (κ3) is 3.25. The Morgan fingerprint density at radius 2 is 2.13 bits per heavy atom. The second-order valence-corrected chi connectivity index (χ2v) is 5.19. The average Bonchev–Trinajstić information content (AvgIpc) is 3.24. The van der Waals surface area contributed by atoms with E-state index in [1.165, 1.54) is 11.0 Å². The summed E-state index contributed by atoms with van der Waals surface area (Å²) in [5.74, 6) is 0.623. The molecule has 2 heterocycles. The van der Waals surface area contributed by atoms with Crippen LogP contribution in [0.2, 0.25) is 0 Å². The van der Waals surface area contributed by atoms with Gasteiger partial charge in [0.2, 0.25) is 0 Å². The molecule has 1 atom stereocenters. The summed E-state index contributed by atoms with van der Waals surface area (Å²) >= 11 is 0. The molecule has 2 N–H and O–H groups in total. The Hall–Kier alpha value is -3.03. The molecule has 1 aromatic carbocycles. The lowest BCUT2D eigenvalue weighted by Crippen LogP contribution is -2.28. The molecule has 0 saturated carbocycles. The minimum Gasteiger partial charge on any atom is -0.344 e. The zero-order valence-corrected chi connectivity index (χ0v) is 12.9. The maximum atomic E-state index is 12.4. The smallest absolute Gasteiger partial charge is 0.251 e. The second-order valence-electron chi connectivity index (χ2n) is 5.19. The van der Waals surface area contributed by atoms with Crippen LogP contribution in [0.25, 0.3) is 5.69 Å². The number of carbonyl (C=O) groups excluding carboxylic acids is 1. The number of rotatable bonds is 5. The highest BCUT2D eigenvalue weighted by Crippen LogP contribution is 2.15. The van der Waals surface area contributed by atoms with Gasteiger partial charge in [-0.05, 0) is 48.0 Å². The number of nitrogens with one attached hydrogen (secondary N) is 2. The summed E-state index contributed by atoms with van der Waals surface area (Å²) in [7, 11) is 0. The number of H-pyrrole nitrogens is 1. The summed E-state index contributed by atoms with van der Waals surface area (Å²) < 4.78 is 1.53. The van der Waals surface area contributed by atoms with Crippen LogP contribution in [0.1, 0.15) is 41.3 Å². The highest BCUT2D eigenvalue weighted by molar-refractivity contribution is 5.94. The van der Waals surface area contributed by atoms with Crippen LogP contribution in [-0.4, -0.2) is 36.1 Å². The SMILES string of the molecule is CCC(NC(=O)c1ccc(-n2cnnn2)cc1)c1ncc(C)[nH]1. The van der Waals surface area contributed by atoms with Crippen LogP contribution in [0.4, 0.5) is 0 Å². The highest BCUT2D eigenvalue weighted by atomic mass is 16.1. The molecule has 0 saturated heterocycles. The summed E-state index contributed by atoms with van der Waals surface area (Å²) in [6.07, 6.45) is 4.01. The predicted octanol–water partition coefficient (Wildman–Crippen LogP) is 1.57. The van der Waals surface area contributed by atoms with Crippen molar-refractivity contribution in [3.05, 3.63) is 53.9 Å². The van der Waals surface area contributed by atoms with Crippen molar-refractivity contribution in [3.63, 3.8) is 0 Å². The van der Waals surface area contributed by atoms with Gasteiger partial charge in [-0.15, -0.1) is 5.10 Å². The van der Waals surface area contributed by atoms with E-state index in [4.69, 9.17) is 0 Å². The first-order valence-corrected chi connectivity index (χ1v) is 7.33. The van der Waals surface area contributed by atoms with Crippen LogP contribution >= 0.6 is 0 Å². The third-order valence-corrected chi connectivity index (χ3v) is 3.51. The molecule has 3 rings (SSSR count). The maximum absolute atomic E-state index is 12.4. The molecule has 1 amide bonds. The van der Waals surface area contributed by atoms with Crippen molar-refractivity contribution in [1.29, 1.82) is 0 Å². The average molecular weight is 311 g/mol. The third-order valence-electron chi connectivity index (χ3n) is 3.51. The molecule has 23 heavy (non-hydrogen) atoms. The van der Waals surface area contributed by atoms with Gasteiger partial charge in [-0.1, -0.05) is 6.92 Å². The monoisotopic (exact) mass is 311 g/mol. The fraction of sp³-hybridized carbons (Fsp3) is 0.267. The summed E-state index contributed by atoms with van der Waals surface area (Å²) in [5.41, 5.74) is 2.34. The summed E-state index contributed by atoms with van der Waals surface area (Å²) in [4.78, 5) is 19.8. The molecular formula is C15H17N7O. The summed E-state index contributed by atoms with van der Waals surface area (Å²) in [6, 6.07) is 6.93. The Labute approximate surface area is 132 Å². The van der Waals surface area contributed by atoms with Gasteiger partial charge in [0.05, 0.1) is 11.7 Å². The van der Waals surface area contributed by atoms with E-state index in [0.29, 0.717) is 5.56 Å². The fourth-order valence-electron chi connectivity index (χ4n) is 2.26. The van der Waals surface area contributed by atoms with Crippen LogP contribution in [0, 0.1) is 6.92 Å². The second kappa shape index (κ2) is 6.39. The van der Waals surface area contributed by atoms with Gasteiger partial charge >= 0.3 is 0 Å². The molecule has 0 radical (unpaired) electrons. The lowest BCUT2D eigenvalue weighted by atomic mass is 10.1. The zero-order valence-electron chi connectivity index (χ0n) is 12.9. The number of hydrogen-bond donors (Lipinski definition) is 2. The lowest BCUT2D eigenvalue weighted by molar-refractivity contribution is 0.0934. The minimum absolute atomic E-state index is 0.143. The Morgan fingerprint density at radius 1 is 1.35 bits per heavy atom. The number of hydrogen-bond acceptors (Lipinski definition) is 5. The van der Waals surface area contributed by atoms with Crippen molar-refractivity contribution in [2.24, 2.45) is 0 Å². The van der Waals surface area contributed by atoms with Gasteiger partial charge in [0, 0.05) is 17.5 Å². The van der Waals surface area contributed by atoms with Crippen molar-refractivity contribution < 1.29 is 4.79 Å². The van der Waals surface area contributed by atoms with Crippen molar-refractivity contribution in [2.45, 2.75) is 26.3 Å². The van der Waals surface area contributed by atoms with Crippen LogP contribution in [0.3, 0.4) is 0 Å². The normalized spacial score (nSPS) is 12.1. The molecule has 0 aliphatic heterocycles. The standard InChI is InChI=1S/C15H17N7O/c1-3-13(14-16-8-10(2)18-14)19-15(23)11-4-6-12(7-5-11)22-9-17-20-21-22/h4-9,13H,3H2,1-2H3,(H,16,18)(H,19,23). The minimum atomic E-state index is -0.144. The largest absolute Gasteiger partial charge is 0.344 e. The lowest BCUT2D eigenvalue weighted by Gasteiger charge is -2.15. The van der Waals surface area contributed by atoms with E-state index in [9.17, 15) is 4.79 Å². The van der Waals surface area contributed by atoms with E-state index in [1.54, 1.807) is 30.5 Å². The number of amides is 1. The number of aromatic nitrogens is 6. The molecule has 118 valence electrons. The van der Waals surface area contributed by atoms with Gasteiger partial charge < -0.3 is 10.3 Å². The summed E-state index contributed by atoms with van der Waals surface area (Å²) in [5, 5.41) is 14.0. The number of benzene rings is 1. The van der Waals surface area contributed by atoms with Crippen LogP contribution in [-0.2, 0) is 0 Å². The maximum Gasteiger partial charge on any atom is 0.251 e. The molecule has 8 heteroatoms. The number of tetrazole rings is 1. The van der Waals surface area contributed by atoms with E-state index in [2.05, 4.69) is 30.8 Å². The summed E-state index contributed by atoms with van der Waals surface area (Å²) in [6.45, 7) is 3.94. The number of carbonyl (C=O) groups is 1. The predicted molar refractivity (Wildman–Crippen MR) is 83.0 cm³/mol. The van der Waals surface area contributed by atoms with Gasteiger partial charge in [0.1, 0.15) is 12.2 Å². The zero-order chi connectivity index (χ0) is 16.2. The quantitative estimate of drug-likeness (QED) is 0.745. The first-order chi connectivity index (χ1) is 11.2. The topological polar surface area (TPSA) is 101 Å². The Bertz CT molecular complexity index is 777. The molecule has 2 aromatic heterocycles. The van der Waals surface area contributed by atoms with Crippen molar-refractivity contribution in [2.75, 3.05) is 0 Å².